The van der Waals surface area contributed by atoms with Crippen molar-refractivity contribution in [3.63, 3.8) is 0 Å². The standard InChI is InChI=1S/C18H17N5O5S2/c1-11-12(2)21-28-17(11)22-30(26,27)14-9-7-13(8-10-14)19-18(29)20-15-5-3-4-6-16(15)23(24)25/h3-10,22H,1-2H3,(H2,19,20,29). The van der Waals surface area contributed by atoms with Crippen molar-refractivity contribution in [2.75, 3.05) is 15.4 Å². The molecule has 3 rings (SSSR count). The van der Waals surface area contributed by atoms with Crippen LogP contribution in [0.3, 0.4) is 0 Å². The van der Waals surface area contributed by atoms with E-state index in [9.17, 15) is 18.5 Å². The number of nitro groups is 1. The fraction of sp³-hybridized carbons (Fsp3) is 0.111. The van der Waals surface area contributed by atoms with Gasteiger partial charge in [0.15, 0.2) is 5.11 Å². The quantitative estimate of drug-likeness (QED) is 0.292. The number of anilines is 3. The van der Waals surface area contributed by atoms with Crippen LogP contribution in [0.1, 0.15) is 11.3 Å². The Balaban J connectivity index is 1.69. The van der Waals surface area contributed by atoms with Gasteiger partial charge in [-0.15, -0.1) is 0 Å². The second kappa shape index (κ2) is 8.47. The zero-order valence-electron chi connectivity index (χ0n) is 15.9. The first-order valence-electron chi connectivity index (χ1n) is 8.54. The van der Waals surface area contributed by atoms with Crippen molar-refractivity contribution in [1.82, 2.24) is 5.16 Å². The van der Waals surface area contributed by atoms with Crippen molar-refractivity contribution in [2.24, 2.45) is 0 Å². The number of nitrogens with one attached hydrogen (secondary N) is 3. The Morgan fingerprint density at radius 2 is 1.77 bits per heavy atom. The van der Waals surface area contributed by atoms with Crippen molar-refractivity contribution in [3.05, 3.63) is 69.9 Å². The number of rotatable bonds is 6. The lowest BCUT2D eigenvalue weighted by atomic mass is 10.3. The van der Waals surface area contributed by atoms with E-state index in [0.717, 1.165) is 0 Å². The number of aryl methyl sites for hydroxylation is 1. The van der Waals surface area contributed by atoms with Crippen LogP contribution in [0, 0.1) is 24.0 Å². The van der Waals surface area contributed by atoms with Crippen LogP contribution in [-0.4, -0.2) is 23.6 Å². The molecule has 3 aromatic rings. The van der Waals surface area contributed by atoms with Gasteiger partial charge in [0.05, 0.1) is 15.5 Å². The van der Waals surface area contributed by atoms with Crippen molar-refractivity contribution >= 4 is 50.3 Å². The fourth-order valence-electron chi connectivity index (χ4n) is 2.43. The Hall–Kier alpha value is -3.51. The molecule has 12 heteroatoms. The van der Waals surface area contributed by atoms with E-state index < -0.39 is 14.9 Å². The van der Waals surface area contributed by atoms with E-state index in [-0.39, 0.29) is 27.3 Å². The number of benzene rings is 2. The number of nitro benzene ring substituents is 1. The molecule has 1 aromatic heterocycles. The van der Waals surface area contributed by atoms with Crippen molar-refractivity contribution in [2.45, 2.75) is 18.7 Å². The normalized spacial score (nSPS) is 11.0. The van der Waals surface area contributed by atoms with Gasteiger partial charge < -0.3 is 15.2 Å². The van der Waals surface area contributed by atoms with Crippen LogP contribution >= 0.6 is 12.2 Å². The Bertz CT molecular complexity index is 1210. The first kappa shape index (κ1) is 21.2. The van der Waals surface area contributed by atoms with Gasteiger partial charge in [0.25, 0.3) is 15.7 Å². The van der Waals surface area contributed by atoms with Crippen LogP contribution < -0.4 is 15.4 Å². The average molecular weight is 447 g/mol. The Kier molecular flexibility index (Phi) is 5.99. The number of sulfonamides is 1. The molecule has 0 radical (unpaired) electrons. The van der Waals surface area contributed by atoms with Crippen molar-refractivity contribution in [1.29, 1.82) is 0 Å². The zero-order valence-corrected chi connectivity index (χ0v) is 17.5. The fourth-order valence-corrected chi connectivity index (χ4v) is 3.71. The summed E-state index contributed by atoms with van der Waals surface area (Å²) < 4.78 is 32.4. The molecule has 2 aromatic carbocycles. The maximum atomic E-state index is 12.5. The lowest BCUT2D eigenvalue weighted by molar-refractivity contribution is -0.383. The van der Waals surface area contributed by atoms with E-state index in [4.69, 9.17) is 16.7 Å². The lowest BCUT2D eigenvalue weighted by Crippen LogP contribution is -2.20. The first-order valence-corrected chi connectivity index (χ1v) is 10.4. The van der Waals surface area contributed by atoms with Gasteiger partial charge in [-0.3, -0.25) is 10.1 Å². The van der Waals surface area contributed by atoms with Gasteiger partial charge in [-0.25, -0.2) is 13.1 Å². The number of hydrogen-bond acceptors (Lipinski definition) is 7. The number of nitrogens with zero attached hydrogens (tertiary/aromatic N) is 2. The molecule has 0 unspecified atom stereocenters. The molecule has 0 aliphatic carbocycles. The van der Waals surface area contributed by atoms with Gasteiger partial charge in [-0.2, -0.15) is 0 Å². The van der Waals surface area contributed by atoms with E-state index in [1.54, 1.807) is 26.0 Å². The second-order valence-electron chi connectivity index (χ2n) is 6.21. The van der Waals surface area contributed by atoms with Crippen LogP contribution in [0.2, 0.25) is 0 Å². The van der Waals surface area contributed by atoms with E-state index in [2.05, 4.69) is 20.5 Å². The summed E-state index contributed by atoms with van der Waals surface area (Å²) in [6.45, 7) is 3.40. The van der Waals surface area contributed by atoms with Gasteiger partial charge in [-0.1, -0.05) is 17.3 Å². The summed E-state index contributed by atoms with van der Waals surface area (Å²) in [5.41, 5.74) is 1.81. The molecule has 0 saturated heterocycles. The van der Waals surface area contributed by atoms with Crippen LogP contribution in [0.25, 0.3) is 0 Å². The first-order chi connectivity index (χ1) is 14.2. The third-order valence-electron chi connectivity index (χ3n) is 4.16. The van der Waals surface area contributed by atoms with Gasteiger partial charge in [-0.05, 0) is 56.4 Å². The van der Waals surface area contributed by atoms with E-state index in [0.29, 0.717) is 16.9 Å². The predicted octanol–water partition coefficient (Wildman–Crippen LogP) is 3.81. The average Bonchev–Trinajstić information content (AvgIpc) is 3.00. The van der Waals surface area contributed by atoms with E-state index >= 15 is 0 Å². The molecule has 0 aliphatic rings. The summed E-state index contributed by atoms with van der Waals surface area (Å²) in [5.74, 6) is 0.0598. The molecule has 0 bridgehead atoms. The van der Waals surface area contributed by atoms with Crippen LogP contribution in [0.15, 0.2) is 57.9 Å². The molecule has 0 aliphatic heterocycles. The van der Waals surface area contributed by atoms with Crippen LogP contribution in [0.4, 0.5) is 22.9 Å². The maximum Gasteiger partial charge on any atom is 0.292 e. The largest absolute Gasteiger partial charge is 0.337 e. The van der Waals surface area contributed by atoms with Crippen LogP contribution in [-0.2, 0) is 10.0 Å². The SMILES string of the molecule is Cc1noc(NS(=O)(=O)c2ccc(NC(=S)Nc3ccccc3[N+](=O)[O-])cc2)c1C. The van der Waals surface area contributed by atoms with Crippen molar-refractivity contribution < 1.29 is 17.9 Å². The summed E-state index contributed by atoms with van der Waals surface area (Å²) in [4.78, 5) is 10.6. The highest BCUT2D eigenvalue weighted by molar-refractivity contribution is 7.92. The van der Waals surface area contributed by atoms with E-state index in [1.165, 1.54) is 36.4 Å². The molecule has 0 saturated carbocycles. The second-order valence-corrected chi connectivity index (χ2v) is 8.30. The minimum Gasteiger partial charge on any atom is -0.337 e. The molecular formula is C18H17N5O5S2. The molecule has 0 spiro atoms. The zero-order chi connectivity index (χ0) is 21.9. The summed E-state index contributed by atoms with van der Waals surface area (Å²) in [6.07, 6.45) is 0. The molecule has 0 amide bonds. The monoisotopic (exact) mass is 447 g/mol. The number of hydrogen-bond donors (Lipinski definition) is 3. The topological polar surface area (TPSA) is 139 Å². The van der Waals surface area contributed by atoms with Gasteiger partial charge in [0.2, 0.25) is 5.88 Å². The number of aromatic nitrogens is 1. The maximum absolute atomic E-state index is 12.5. The van der Waals surface area contributed by atoms with Crippen molar-refractivity contribution in [3.8, 4) is 0 Å². The minimum absolute atomic E-state index is 0.0130. The summed E-state index contributed by atoms with van der Waals surface area (Å²) in [6, 6.07) is 11.9. The van der Waals surface area contributed by atoms with Gasteiger partial charge >= 0.3 is 0 Å². The number of thiocarbonyl (C=S) groups is 1. The molecule has 3 N–H and O–H groups in total. The summed E-state index contributed by atoms with van der Waals surface area (Å²) >= 11 is 5.18. The molecular weight excluding hydrogens is 430 g/mol. The molecule has 30 heavy (non-hydrogen) atoms. The highest BCUT2D eigenvalue weighted by atomic mass is 32.2. The van der Waals surface area contributed by atoms with Crippen LogP contribution in [0.5, 0.6) is 0 Å². The van der Waals surface area contributed by atoms with Gasteiger partial charge in [0, 0.05) is 17.3 Å². The summed E-state index contributed by atoms with van der Waals surface area (Å²) in [5, 5.41) is 20.5. The predicted molar refractivity (Wildman–Crippen MR) is 116 cm³/mol. The molecule has 0 fully saturated rings. The number of para-hydroxylation sites is 2. The molecule has 156 valence electrons. The Labute approximate surface area is 177 Å². The smallest absolute Gasteiger partial charge is 0.292 e. The Morgan fingerprint density at radius 3 is 2.37 bits per heavy atom. The lowest BCUT2D eigenvalue weighted by Gasteiger charge is -2.11. The van der Waals surface area contributed by atoms with Gasteiger partial charge in [0.1, 0.15) is 5.69 Å². The molecule has 0 atom stereocenters. The van der Waals surface area contributed by atoms with E-state index in [1.807, 2.05) is 0 Å². The Morgan fingerprint density at radius 1 is 1.10 bits per heavy atom. The highest BCUT2D eigenvalue weighted by Gasteiger charge is 2.19. The summed E-state index contributed by atoms with van der Waals surface area (Å²) in [7, 11) is -3.87. The highest BCUT2D eigenvalue weighted by Crippen LogP contribution is 2.24. The molecule has 10 nitrogen and oxygen atoms in total. The molecule has 1 heterocycles. The third kappa shape index (κ3) is 4.72. The minimum atomic E-state index is -3.87. The third-order valence-corrected chi connectivity index (χ3v) is 5.71.